The molecule has 114 valence electrons. The molecule has 2 rings (SSSR count). The van der Waals surface area contributed by atoms with Crippen molar-refractivity contribution in [3.8, 4) is 5.75 Å². The molecule has 0 fully saturated rings. The molecule has 0 aliphatic rings. The fraction of sp³-hybridized carbons (Fsp3) is 0.133. The summed E-state index contributed by atoms with van der Waals surface area (Å²) >= 11 is 5.19. The number of hydrogen-bond acceptors (Lipinski definition) is 5. The van der Waals surface area contributed by atoms with Gasteiger partial charge >= 0.3 is 0 Å². The minimum atomic E-state index is 0.357. The molecule has 0 radical (unpaired) electrons. The van der Waals surface area contributed by atoms with E-state index in [1.807, 2.05) is 31.2 Å². The summed E-state index contributed by atoms with van der Waals surface area (Å²) in [4.78, 5) is 3.91. The van der Waals surface area contributed by atoms with Crippen LogP contribution in [-0.4, -0.2) is 22.9 Å². The third-order valence-corrected chi connectivity index (χ3v) is 2.89. The lowest BCUT2D eigenvalue weighted by Gasteiger charge is -2.12. The van der Waals surface area contributed by atoms with Crippen LogP contribution in [0.25, 0.3) is 0 Å². The van der Waals surface area contributed by atoms with Crippen LogP contribution in [0.15, 0.2) is 47.8 Å². The second-order valence-corrected chi connectivity index (χ2v) is 4.67. The number of pyridine rings is 1. The third-order valence-electron chi connectivity index (χ3n) is 2.69. The van der Waals surface area contributed by atoms with Crippen molar-refractivity contribution in [2.24, 2.45) is 5.10 Å². The van der Waals surface area contributed by atoms with E-state index in [-0.39, 0.29) is 0 Å². The smallest absolute Gasteiger partial charge is 0.191 e. The number of rotatable bonds is 5. The van der Waals surface area contributed by atoms with Crippen molar-refractivity contribution in [1.29, 1.82) is 0 Å². The number of nitrogens with zero attached hydrogens (tertiary/aromatic N) is 2. The molecule has 1 aromatic carbocycles. The number of para-hydroxylation sites is 2. The lowest BCUT2D eigenvalue weighted by molar-refractivity contribution is 0.342. The van der Waals surface area contributed by atoms with Crippen molar-refractivity contribution in [3.63, 3.8) is 0 Å². The Bertz CT molecular complexity index is 674. The van der Waals surface area contributed by atoms with Gasteiger partial charge < -0.3 is 15.8 Å². The number of anilines is 2. The first-order valence-electron chi connectivity index (χ1n) is 6.72. The minimum Gasteiger partial charge on any atom is -0.492 e. The Morgan fingerprint density at radius 1 is 1.41 bits per heavy atom. The van der Waals surface area contributed by atoms with Crippen LogP contribution in [0.3, 0.4) is 0 Å². The van der Waals surface area contributed by atoms with Crippen molar-refractivity contribution in [2.75, 3.05) is 17.7 Å². The van der Waals surface area contributed by atoms with Crippen LogP contribution in [0.4, 0.5) is 11.4 Å². The van der Waals surface area contributed by atoms with E-state index in [0.29, 0.717) is 17.4 Å². The molecule has 4 N–H and O–H groups in total. The Hall–Kier alpha value is -2.67. The minimum absolute atomic E-state index is 0.357. The fourth-order valence-corrected chi connectivity index (χ4v) is 1.86. The van der Waals surface area contributed by atoms with Crippen LogP contribution in [0.2, 0.25) is 0 Å². The van der Waals surface area contributed by atoms with Crippen molar-refractivity contribution in [3.05, 3.63) is 48.3 Å². The van der Waals surface area contributed by atoms with Gasteiger partial charge in [0.2, 0.25) is 0 Å². The zero-order chi connectivity index (χ0) is 15.8. The van der Waals surface area contributed by atoms with Crippen molar-refractivity contribution in [2.45, 2.75) is 6.92 Å². The molecule has 0 saturated carbocycles. The monoisotopic (exact) mass is 315 g/mol. The van der Waals surface area contributed by atoms with E-state index in [0.717, 1.165) is 17.0 Å². The van der Waals surface area contributed by atoms with E-state index in [2.05, 4.69) is 20.8 Å². The standard InChI is InChI=1S/C15H17N5OS/c1-2-21-14-6-4-3-5-13(14)19-15(22)20-18-9-11-7-8-17-10-12(11)16/h3-10H,2,16H2,1H3,(H2,19,20,22)/b18-9+. The van der Waals surface area contributed by atoms with Gasteiger partial charge in [-0.3, -0.25) is 10.4 Å². The summed E-state index contributed by atoms with van der Waals surface area (Å²) in [6, 6.07) is 9.31. The summed E-state index contributed by atoms with van der Waals surface area (Å²) in [5.74, 6) is 0.733. The van der Waals surface area contributed by atoms with Gasteiger partial charge in [0.1, 0.15) is 5.75 Å². The highest BCUT2D eigenvalue weighted by atomic mass is 32.1. The largest absolute Gasteiger partial charge is 0.492 e. The second kappa shape index (κ2) is 7.94. The van der Waals surface area contributed by atoms with Crippen LogP contribution in [0.1, 0.15) is 12.5 Å². The lowest BCUT2D eigenvalue weighted by atomic mass is 10.2. The van der Waals surface area contributed by atoms with E-state index in [9.17, 15) is 0 Å². The van der Waals surface area contributed by atoms with E-state index in [1.54, 1.807) is 24.7 Å². The summed E-state index contributed by atoms with van der Waals surface area (Å²) in [5.41, 5.74) is 10.6. The van der Waals surface area contributed by atoms with E-state index in [4.69, 9.17) is 22.7 Å². The second-order valence-electron chi connectivity index (χ2n) is 4.26. The van der Waals surface area contributed by atoms with Gasteiger partial charge in [-0.05, 0) is 37.3 Å². The summed E-state index contributed by atoms with van der Waals surface area (Å²) < 4.78 is 5.52. The fourth-order valence-electron chi connectivity index (χ4n) is 1.70. The van der Waals surface area contributed by atoms with Gasteiger partial charge in [-0.15, -0.1) is 0 Å². The van der Waals surface area contributed by atoms with Crippen molar-refractivity contribution >= 4 is 34.9 Å². The molecule has 2 aromatic rings. The normalized spacial score (nSPS) is 10.4. The Morgan fingerprint density at radius 3 is 3.00 bits per heavy atom. The molecule has 7 heteroatoms. The first-order valence-corrected chi connectivity index (χ1v) is 7.13. The van der Waals surface area contributed by atoms with E-state index >= 15 is 0 Å². The first-order chi connectivity index (χ1) is 10.7. The molecule has 0 aliphatic carbocycles. The number of thiocarbonyl (C=S) groups is 1. The topological polar surface area (TPSA) is 84.6 Å². The van der Waals surface area contributed by atoms with Gasteiger partial charge in [-0.1, -0.05) is 12.1 Å². The molecule has 0 amide bonds. The summed E-state index contributed by atoms with van der Waals surface area (Å²) in [6.07, 6.45) is 4.79. The zero-order valence-corrected chi connectivity index (χ0v) is 12.9. The van der Waals surface area contributed by atoms with Crippen molar-refractivity contribution < 1.29 is 4.74 Å². The number of ether oxygens (including phenoxy) is 1. The predicted molar refractivity (Wildman–Crippen MR) is 93.2 cm³/mol. The molecule has 0 spiro atoms. The van der Waals surface area contributed by atoms with Gasteiger partial charge in [-0.25, -0.2) is 0 Å². The van der Waals surface area contributed by atoms with Crippen LogP contribution < -0.4 is 21.2 Å². The highest BCUT2D eigenvalue weighted by molar-refractivity contribution is 7.80. The van der Waals surface area contributed by atoms with Crippen LogP contribution in [-0.2, 0) is 0 Å². The Balaban J connectivity index is 1.95. The first kappa shape index (κ1) is 15.7. The molecular formula is C15H17N5OS. The van der Waals surface area contributed by atoms with Gasteiger partial charge in [0.05, 0.1) is 30.4 Å². The quantitative estimate of drug-likeness (QED) is 0.446. The molecule has 22 heavy (non-hydrogen) atoms. The molecule has 0 unspecified atom stereocenters. The highest BCUT2D eigenvalue weighted by Gasteiger charge is 2.03. The number of nitrogens with two attached hydrogens (primary N) is 1. The average Bonchev–Trinajstić information content (AvgIpc) is 2.51. The van der Waals surface area contributed by atoms with Crippen molar-refractivity contribution in [1.82, 2.24) is 10.4 Å². The predicted octanol–water partition coefficient (Wildman–Crippen LogP) is 2.38. The summed E-state index contributed by atoms with van der Waals surface area (Å²) in [5, 5.41) is 7.44. The maximum atomic E-state index is 5.77. The molecule has 1 heterocycles. The molecule has 0 aliphatic heterocycles. The van der Waals surface area contributed by atoms with E-state index < -0.39 is 0 Å². The Morgan fingerprint density at radius 2 is 2.23 bits per heavy atom. The maximum absolute atomic E-state index is 5.77. The number of benzene rings is 1. The highest BCUT2D eigenvalue weighted by Crippen LogP contribution is 2.23. The zero-order valence-electron chi connectivity index (χ0n) is 12.1. The van der Waals surface area contributed by atoms with Crippen LogP contribution >= 0.6 is 12.2 Å². The van der Waals surface area contributed by atoms with Gasteiger partial charge in [0, 0.05) is 11.8 Å². The summed E-state index contributed by atoms with van der Waals surface area (Å²) in [6.45, 7) is 2.51. The molecule has 0 atom stereocenters. The lowest BCUT2D eigenvalue weighted by Crippen LogP contribution is -2.24. The van der Waals surface area contributed by atoms with Crippen LogP contribution in [0, 0.1) is 0 Å². The summed E-state index contributed by atoms with van der Waals surface area (Å²) in [7, 11) is 0. The van der Waals surface area contributed by atoms with Crippen LogP contribution in [0.5, 0.6) is 5.75 Å². The number of hydrogen-bond donors (Lipinski definition) is 3. The van der Waals surface area contributed by atoms with Gasteiger partial charge in [0.15, 0.2) is 5.11 Å². The Kier molecular flexibility index (Phi) is 5.67. The molecule has 1 aromatic heterocycles. The number of nitrogen functional groups attached to an aromatic ring is 1. The number of hydrazone groups is 1. The Labute approximate surface area is 134 Å². The molecule has 6 nitrogen and oxygen atoms in total. The maximum Gasteiger partial charge on any atom is 0.191 e. The molecule has 0 bridgehead atoms. The number of aromatic nitrogens is 1. The van der Waals surface area contributed by atoms with E-state index in [1.165, 1.54) is 0 Å². The molecule has 0 saturated heterocycles. The SMILES string of the molecule is CCOc1ccccc1NC(=S)N/N=C/c1ccncc1N. The van der Waals surface area contributed by atoms with Gasteiger partial charge in [-0.2, -0.15) is 5.10 Å². The molecular weight excluding hydrogens is 298 g/mol. The average molecular weight is 315 g/mol. The number of nitrogens with one attached hydrogen (secondary N) is 2. The van der Waals surface area contributed by atoms with Gasteiger partial charge in [0.25, 0.3) is 0 Å². The third kappa shape index (κ3) is 4.42.